The van der Waals surface area contributed by atoms with Crippen molar-refractivity contribution in [2.75, 3.05) is 6.61 Å². The molecule has 0 aliphatic rings. The lowest BCUT2D eigenvalue weighted by Crippen LogP contribution is -2.39. The normalized spacial score (nSPS) is 13.1. The fourth-order valence-corrected chi connectivity index (χ4v) is 1.74. The molecule has 0 heterocycles. The fourth-order valence-electron chi connectivity index (χ4n) is 0.954. The van der Waals surface area contributed by atoms with Gasteiger partial charge in [0.1, 0.15) is 0 Å². The van der Waals surface area contributed by atoms with Crippen molar-refractivity contribution in [1.29, 1.82) is 0 Å². The van der Waals surface area contributed by atoms with E-state index in [9.17, 15) is 4.79 Å². The zero-order valence-corrected chi connectivity index (χ0v) is 13.5. The predicted molar refractivity (Wildman–Crippen MR) is 77.8 cm³/mol. The summed E-state index contributed by atoms with van der Waals surface area (Å²) in [6.45, 7) is 16.6. The van der Waals surface area contributed by atoms with Gasteiger partial charge < -0.3 is 9.16 Å². The van der Waals surface area contributed by atoms with E-state index >= 15 is 0 Å². The third-order valence-corrected chi connectivity index (χ3v) is 7.52. The second-order valence-electron chi connectivity index (χ2n) is 5.73. The molecule has 0 radical (unpaired) electrons. The Morgan fingerprint density at radius 1 is 1.33 bits per heavy atom. The van der Waals surface area contributed by atoms with Crippen LogP contribution in [-0.4, -0.2) is 20.9 Å². The first-order chi connectivity index (χ1) is 8.15. The summed E-state index contributed by atoms with van der Waals surface area (Å²) in [4.78, 5) is 11.7. The van der Waals surface area contributed by atoms with E-state index in [1.807, 2.05) is 0 Å². The number of carbonyl (C=O) groups excluding carboxylic acids is 1. The van der Waals surface area contributed by atoms with Gasteiger partial charge in [-0.3, -0.25) is 0 Å². The van der Waals surface area contributed by atoms with E-state index in [4.69, 9.17) is 9.16 Å². The lowest BCUT2D eigenvalue weighted by molar-refractivity contribution is -0.138. The van der Waals surface area contributed by atoms with Crippen molar-refractivity contribution in [2.45, 2.75) is 52.2 Å². The molecular weight excluding hydrogens is 244 g/mol. The molecule has 4 heteroatoms. The van der Waals surface area contributed by atoms with Gasteiger partial charge in [-0.2, -0.15) is 0 Å². The summed E-state index contributed by atoms with van der Waals surface area (Å²) >= 11 is 0. The number of rotatable bonds is 6. The molecule has 0 bridgehead atoms. The van der Waals surface area contributed by atoms with E-state index in [-0.39, 0.29) is 11.0 Å². The van der Waals surface area contributed by atoms with E-state index in [0.29, 0.717) is 18.6 Å². The number of allylic oxidation sites excluding steroid dienone is 1. The molecule has 0 aromatic carbocycles. The van der Waals surface area contributed by atoms with Crippen LogP contribution in [0.5, 0.6) is 0 Å². The van der Waals surface area contributed by atoms with Gasteiger partial charge in [-0.15, -0.1) is 6.58 Å². The third-order valence-electron chi connectivity index (χ3n) is 3.20. The molecule has 0 aromatic rings. The highest BCUT2D eigenvalue weighted by Crippen LogP contribution is 2.36. The quantitative estimate of drug-likeness (QED) is 0.240. The molecule has 0 amide bonds. The van der Waals surface area contributed by atoms with Gasteiger partial charge in [0, 0.05) is 6.42 Å². The highest BCUT2D eigenvalue weighted by atomic mass is 28.4. The van der Waals surface area contributed by atoms with Crippen LogP contribution < -0.4 is 0 Å². The minimum absolute atomic E-state index is 0.109. The molecule has 0 saturated carbocycles. The molecular formula is C14H26O3Si. The molecule has 0 unspecified atom stereocenters. The predicted octanol–water partition coefficient (Wildman–Crippen LogP) is 4.03. The number of esters is 1. The second-order valence-corrected chi connectivity index (χ2v) is 10.5. The second kappa shape index (κ2) is 6.78. The van der Waals surface area contributed by atoms with E-state index in [0.717, 1.165) is 0 Å². The molecule has 0 aliphatic carbocycles. The first-order valence-corrected chi connectivity index (χ1v) is 9.21. The van der Waals surface area contributed by atoms with Crippen LogP contribution in [0.2, 0.25) is 18.1 Å². The Bertz CT molecular complexity index is 324. The van der Waals surface area contributed by atoms with Gasteiger partial charge >= 0.3 is 5.97 Å². The first-order valence-electron chi connectivity index (χ1n) is 6.30. The van der Waals surface area contributed by atoms with Crippen molar-refractivity contribution >= 4 is 14.3 Å². The maximum absolute atomic E-state index is 11.7. The van der Waals surface area contributed by atoms with Crippen molar-refractivity contribution in [3.8, 4) is 0 Å². The van der Waals surface area contributed by atoms with Gasteiger partial charge in [-0.25, -0.2) is 4.79 Å². The van der Waals surface area contributed by atoms with E-state index in [1.54, 1.807) is 19.3 Å². The summed E-state index contributed by atoms with van der Waals surface area (Å²) in [6, 6.07) is 0. The third kappa shape index (κ3) is 5.08. The average Bonchev–Trinajstić information content (AvgIpc) is 2.22. The van der Waals surface area contributed by atoms with E-state index in [2.05, 4.69) is 40.4 Å². The molecule has 0 atom stereocenters. The number of hydrogen-bond donors (Lipinski definition) is 0. The Morgan fingerprint density at radius 2 is 1.89 bits per heavy atom. The Kier molecular flexibility index (Phi) is 6.39. The maximum Gasteiger partial charge on any atom is 0.337 e. The van der Waals surface area contributed by atoms with Crippen molar-refractivity contribution in [3.63, 3.8) is 0 Å². The van der Waals surface area contributed by atoms with Crippen LogP contribution in [0.1, 0.15) is 34.1 Å². The largest absolute Gasteiger partial charge is 0.548 e. The monoisotopic (exact) mass is 270 g/mol. The van der Waals surface area contributed by atoms with E-state index in [1.165, 1.54) is 0 Å². The summed E-state index contributed by atoms with van der Waals surface area (Å²) in [6.07, 6.45) is 3.71. The molecule has 0 spiro atoms. The molecule has 0 aromatic heterocycles. The summed E-state index contributed by atoms with van der Waals surface area (Å²) in [7, 11) is -1.88. The van der Waals surface area contributed by atoms with Gasteiger partial charge in [-0.05, 0) is 25.1 Å². The van der Waals surface area contributed by atoms with Crippen molar-refractivity contribution in [3.05, 3.63) is 24.5 Å². The Balaban J connectivity index is 4.88. The van der Waals surface area contributed by atoms with Crippen LogP contribution in [0.4, 0.5) is 0 Å². The molecule has 0 aliphatic heterocycles. The summed E-state index contributed by atoms with van der Waals surface area (Å²) in [5.41, 5.74) is 0.525. The lowest BCUT2D eigenvalue weighted by Gasteiger charge is -2.35. The molecule has 3 nitrogen and oxygen atoms in total. The number of hydrogen-bond acceptors (Lipinski definition) is 3. The number of ether oxygens (including phenoxy) is 1. The standard InChI is InChI=1S/C14H26O3Si/c1-8-10-12(13(15)16-9-2)11-17-18(6,7)14(3,4)5/h8,11H,1,9-10H2,2-7H3/b12-11+. The maximum atomic E-state index is 11.7. The summed E-state index contributed by atoms with van der Waals surface area (Å²) in [5, 5.41) is 0.109. The molecule has 0 N–H and O–H groups in total. The Morgan fingerprint density at radius 3 is 2.28 bits per heavy atom. The van der Waals surface area contributed by atoms with Crippen LogP contribution in [0.25, 0.3) is 0 Å². The van der Waals surface area contributed by atoms with Gasteiger partial charge in [0.05, 0.1) is 18.4 Å². The van der Waals surface area contributed by atoms with Crippen molar-refractivity contribution < 1.29 is 14.0 Å². The molecule has 0 rings (SSSR count). The first kappa shape index (κ1) is 17.0. The molecule has 104 valence electrons. The molecule has 0 fully saturated rings. The highest BCUT2D eigenvalue weighted by molar-refractivity contribution is 6.74. The van der Waals surface area contributed by atoms with Crippen molar-refractivity contribution in [2.24, 2.45) is 0 Å². The van der Waals surface area contributed by atoms with Crippen LogP contribution >= 0.6 is 0 Å². The highest BCUT2D eigenvalue weighted by Gasteiger charge is 2.38. The Hall–Kier alpha value is -1.03. The zero-order valence-electron chi connectivity index (χ0n) is 12.5. The average molecular weight is 270 g/mol. The van der Waals surface area contributed by atoms with Gasteiger partial charge in [-0.1, -0.05) is 26.8 Å². The Labute approximate surface area is 112 Å². The smallest absolute Gasteiger partial charge is 0.337 e. The van der Waals surface area contributed by atoms with Crippen molar-refractivity contribution in [1.82, 2.24) is 0 Å². The fraction of sp³-hybridized carbons (Fsp3) is 0.643. The SMILES string of the molecule is C=CC/C(=C\O[Si](C)(C)C(C)(C)C)C(=O)OCC. The van der Waals surface area contributed by atoms with Gasteiger partial charge in [0.25, 0.3) is 0 Å². The van der Waals surface area contributed by atoms with Gasteiger partial charge in [0.2, 0.25) is 8.32 Å². The van der Waals surface area contributed by atoms with Crippen LogP contribution in [0.3, 0.4) is 0 Å². The lowest BCUT2D eigenvalue weighted by atomic mass is 10.2. The minimum atomic E-state index is -1.88. The number of carbonyl (C=O) groups is 1. The minimum Gasteiger partial charge on any atom is -0.548 e. The molecule has 0 saturated heterocycles. The summed E-state index contributed by atoms with van der Waals surface area (Å²) in [5.74, 6) is -0.323. The van der Waals surface area contributed by atoms with Gasteiger partial charge in [0.15, 0.2) is 0 Å². The topological polar surface area (TPSA) is 35.5 Å². The van der Waals surface area contributed by atoms with Crippen LogP contribution in [0.15, 0.2) is 24.5 Å². The zero-order chi connectivity index (χ0) is 14.4. The van der Waals surface area contributed by atoms with Crippen LogP contribution in [0, 0.1) is 0 Å². The molecule has 18 heavy (non-hydrogen) atoms. The summed E-state index contributed by atoms with van der Waals surface area (Å²) < 4.78 is 10.9. The van der Waals surface area contributed by atoms with E-state index < -0.39 is 8.32 Å². The van der Waals surface area contributed by atoms with Crippen LogP contribution in [-0.2, 0) is 14.0 Å².